The van der Waals surface area contributed by atoms with Gasteiger partial charge in [0.05, 0.1) is 0 Å². The minimum atomic E-state index is 0.111. The molecule has 1 aliphatic carbocycles. The Bertz CT molecular complexity index is 738. The zero-order valence-corrected chi connectivity index (χ0v) is 16.9. The van der Waals surface area contributed by atoms with Gasteiger partial charge in [0.1, 0.15) is 0 Å². The van der Waals surface area contributed by atoms with Crippen LogP contribution in [0.4, 0.5) is 5.69 Å². The fourth-order valence-electron chi connectivity index (χ4n) is 2.42. The third-order valence-corrected chi connectivity index (χ3v) is 6.31. The van der Waals surface area contributed by atoms with Crippen molar-refractivity contribution in [2.75, 3.05) is 4.90 Å². The monoisotopic (exact) mass is 517 g/mol. The first-order valence-electron chi connectivity index (χ1n) is 7.33. The number of carbonyl (C=O) groups is 1. The molecule has 4 heteroatoms. The van der Waals surface area contributed by atoms with E-state index in [0.29, 0.717) is 6.04 Å². The molecule has 1 aliphatic rings. The molecule has 0 heterocycles. The highest BCUT2D eigenvalue weighted by Gasteiger charge is 2.34. The molecular formula is C18H17I2NO. The molecule has 3 rings (SSSR count). The van der Waals surface area contributed by atoms with Crippen molar-refractivity contribution in [3.8, 4) is 0 Å². The predicted octanol–water partition coefficient (Wildman–Crippen LogP) is 5.32. The maximum Gasteiger partial charge on any atom is 0.258 e. The number of rotatable bonds is 3. The van der Waals surface area contributed by atoms with Gasteiger partial charge in [0.15, 0.2) is 0 Å². The van der Waals surface area contributed by atoms with E-state index in [9.17, 15) is 4.79 Å². The predicted molar refractivity (Wildman–Crippen MR) is 108 cm³/mol. The van der Waals surface area contributed by atoms with Crippen LogP contribution in [0.2, 0.25) is 0 Å². The molecule has 0 aliphatic heterocycles. The van der Waals surface area contributed by atoms with Crippen molar-refractivity contribution in [1.82, 2.24) is 0 Å². The Balaban J connectivity index is 1.98. The van der Waals surface area contributed by atoms with Gasteiger partial charge in [0.25, 0.3) is 5.91 Å². The normalized spacial score (nSPS) is 14.0. The SMILES string of the molecule is Cc1ccc(C(=O)N(c2ccc(C)c(I)c2)C2CC2)cc1I. The highest BCUT2D eigenvalue weighted by atomic mass is 127. The smallest absolute Gasteiger partial charge is 0.258 e. The number of carbonyl (C=O) groups excluding carboxylic acids is 1. The van der Waals surface area contributed by atoms with E-state index < -0.39 is 0 Å². The quantitative estimate of drug-likeness (QED) is 0.505. The van der Waals surface area contributed by atoms with E-state index >= 15 is 0 Å². The molecule has 0 radical (unpaired) electrons. The van der Waals surface area contributed by atoms with Crippen LogP contribution in [0.15, 0.2) is 36.4 Å². The van der Waals surface area contributed by atoms with Crippen LogP contribution in [-0.2, 0) is 0 Å². The number of benzene rings is 2. The van der Waals surface area contributed by atoms with Crippen LogP contribution < -0.4 is 4.90 Å². The summed E-state index contributed by atoms with van der Waals surface area (Å²) >= 11 is 4.63. The van der Waals surface area contributed by atoms with Crippen LogP contribution in [0, 0.1) is 21.0 Å². The third kappa shape index (κ3) is 3.32. The second kappa shape index (κ2) is 6.47. The lowest BCUT2D eigenvalue weighted by atomic mass is 10.1. The van der Waals surface area contributed by atoms with Gasteiger partial charge in [-0.3, -0.25) is 4.79 Å². The number of halogens is 2. The van der Waals surface area contributed by atoms with Gasteiger partial charge in [-0.25, -0.2) is 0 Å². The molecule has 22 heavy (non-hydrogen) atoms. The molecule has 0 N–H and O–H groups in total. The third-order valence-electron chi connectivity index (χ3n) is 3.98. The van der Waals surface area contributed by atoms with E-state index in [4.69, 9.17) is 0 Å². The molecule has 2 nitrogen and oxygen atoms in total. The first-order chi connectivity index (χ1) is 10.5. The van der Waals surface area contributed by atoms with Crippen molar-refractivity contribution in [1.29, 1.82) is 0 Å². The fourth-order valence-corrected chi connectivity index (χ4v) is 3.44. The highest BCUT2D eigenvalue weighted by molar-refractivity contribution is 14.1. The molecule has 0 spiro atoms. The summed E-state index contributed by atoms with van der Waals surface area (Å²) in [5.41, 5.74) is 4.24. The Labute approximate surface area is 158 Å². The van der Waals surface area contributed by atoms with E-state index in [0.717, 1.165) is 27.7 Å². The van der Waals surface area contributed by atoms with E-state index in [1.54, 1.807) is 0 Å². The lowest BCUT2D eigenvalue weighted by molar-refractivity contribution is 0.0985. The second-order valence-corrected chi connectivity index (χ2v) is 8.13. The maximum absolute atomic E-state index is 13.0. The Hall–Kier alpha value is -0.630. The molecule has 0 unspecified atom stereocenters. The maximum atomic E-state index is 13.0. The lowest BCUT2D eigenvalue weighted by Gasteiger charge is -2.23. The van der Waals surface area contributed by atoms with Crippen LogP contribution in [0.3, 0.4) is 0 Å². The van der Waals surface area contributed by atoms with Gasteiger partial charge in [0, 0.05) is 24.4 Å². The number of anilines is 1. The zero-order chi connectivity index (χ0) is 15.9. The Morgan fingerprint density at radius 1 is 1.00 bits per heavy atom. The summed E-state index contributed by atoms with van der Waals surface area (Å²) in [4.78, 5) is 15.0. The molecule has 2 aromatic carbocycles. The van der Waals surface area contributed by atoms with Gasteiger partial charge in [-0.2, -0.15) is 0 Å². The largest absolute Gasteiger partial charge is 0.305 e. The number of amides is 1. The molecule has 0 atom stereocenters. The van der Waals surface area contributed by atoms with E-state index in [1.807, 2.05) is 23.1 Å². The first kappa shape index (κ1) is 16.2. The van der Waals surface area contributed by atoms with Crippen molar-refractivity contribution in [3.05, 3.63) is 60.2 Å². The van der Waals surface area contributed by atoms with Crippen molar-refractivity contribution in [2.45, 2.75) is 32.7 Å². The molecule has 0 saturated heterocycles. The molecule has 114 valence electrons. The van der Waals surface area contributed by atoms with E-state index in [2.05, 4.69) is 77.2 Å². The summed E-state index contributed by atoms with van der Waals surface area (Å²) in [5, 5.41) is 0. The van der Waals surface area contributed by atoms with Gasteiger partial charge in [-0.05, 0) is 107 Å². The topological polar surface area (TPSA) is 20.3 Å². The van der Waals surface area contributed by atoms with Crippen molar-refractivity contribution < 1.29 is 4.79 Å². The van der Waals surface area contributed by atoms with E-state index in [-0.39, 0.29) is 5.91 Å². The molecule has 0 aromatic heterocycles. The second-order valence-electron chi connectivity index (χ2n) is 5.80. The molecular weight excluding hydrogens is 500 g/mol. The molecule has 2 aromatic rings. The first-order valence-corrected chi connectivity index (χ1v) is 9.49. The van der Waals surface area contributed by atoms with Crippen molar-refractivity contribution >= 4 is 56.8 Å². The minimum absolute atomic E-state index is 0.111. The van der Waals surface area contributed by atoms with Gasteiger partial charge < -0.3 is 4.90 Å². The minimum Gasteiger partial charge on any atom is -0.305 e. The van der Waals surface area contributed by atoms with Gasteiger partial charge in [-0.1, -0.05) is 12.1 Å². The van der Waals surface area contributed by atoms with Gasteiger partial charge >= 0.3 is 0 Å². The number of hydrogen-bond donors (Lipinski definition) is 0. The zero-order valence-electron chi connectivity index (χ0n) is 12.6. The lowest BCUT2D eigenvalue weighted by Crippen LogP contribution is -2.33. The summed E-state index contributed by atoms with van der Waals surface area (Å²) in [6.07, 6.45) is 2.19. The van der Waals surface area contributed by atoms with Crippen LogP contribution >= 0.6 is 45.2 Å². The molecule has 1 saturated carbocycles. The van der Waals surface area contributed by atoms with Crippen LogP contribution in [0.25, 0.3) is 0 Å². The standard InChI is InChI=1S/C18H17I2NO/c1-11-3-5-13(9-16(11)19)18(22)21(14-7-8-14)15-6-4-12(2)17(20)10-15/h3-6,9-10,14H,7-8H2,1-2H3. The summed E-state index contributed by atoms with van der Waals surface area (Å²) in [7, 11) is 0. The number of hydrogen-bond acceptors (Lipinski definition) is 1. The molecule has 0 bridgehead atoms. The van der Waals surface area contributed by atoms with E-state index in [1.165, 1.54) is 14.7 Å². The summed E-state index contributed by atoms with van der Waals surface area (Å²) in [5.74, 6) is 0.111. The van der Waals surface area contributed by atoms with Crippen LogP contribution in [0.1, 0.15) is 34.3 Å². The fraction of sp³-hybridized carbons (Fsp3) is 0.278. The van der Waals surface area contributed by atoms with Crippen LogP contribution in [0.5, 0.6) is 0 Å². The average molecular weight is 517 g/mol. The number of nitrogens with zero attached hydrogens (tertiary/aromatic N) is 1. The average Bonchev–Trinajstić information content (AvgIpc) is 3.30. The van der Waals surface area contributed by atoms with Gasteiger partial charge in [0.2, 0.25) is 0 Å². The number of aryl methyl sites for hydroxylation is 2. The molecule has 1 amide bonds. The highest BCUT2D eigenvalue weighted by Crippen LogP contribution is 2.34. The Morgan fingerprint density at radius 2 is 1.59 bits per heavy atom. The van der Waals surface area contributed by atoms with Crippen molar-refractivity contribution in [3.63, 3.8) is 0 Å². The van der Waals surface area contributed by atoms with Crippen LogP contribution in [-0.4, -0.2) is 11.9 Å². The Morgan fingerprint density at radius 3 is 2.14 bits per heavy atom. The van der Waals surface area contributed by atoms with Crippen molar-refractivity contribution in [2.24, 2.45) is 0 Å². The Kier molecular flexibility index (Phi) is 4.77. The summed E-state index contributed by atoms with van der Waals surface area (Å²) < 4.78 is 2.34. The van der Waals surface area contributed by atoms with Gasteiger partial charge in [-0.15, -0.1) is 0 Å². The molecule has 1 fully saturated rings. The summed E-state index contributed by atoms with van der Waals surface area (Å²) in [6, 6.07) is 12.6. The summed E-state index contributed by atoms with van der Waals surface area (Å²) in [6.45, 7) is 4.16.